The molecule has 3 heteroatoms. The molecule has 0 spiro atoms. The summed E-state index contributed by atoms with van der Waals surface area (Å²) < 4.78 is 6.42. The molecule has 0 aliphatic rings. The Bertz CT molecular complexity index is 317. The molecule has 1 heterocycles. The van der Waals surface area contributed by atoms with Gasteiger partial charge in [-0.1, -0.05) is 57.9 Å². The molecule has 0 fully saturated rings. The van der Waals surface area contributed by atoms with E-state index in [9.17, 15) is 0 Å². The molecule has 0 amide bonds. The third-order valence-corrected chi connectivity index (χ3v) is 3.38. The van der Waals surface area contributed by atoms with Crippen molar-refractivity contribution in [2.45, 2.75) is 58.3 Å². The SMILES string of the molecule is CCCCCCCCCCOc1cccc(Br)n1. The molecule has 0 radical (unpaired) electrons. The standard InChI is InChI=1S/C15H24BrNO/c1-2-3-4-5-6-7-8-9-13-18-15-12-10-11-14(16)17-15/h10-12H,2-9,13H2,1H3. The highest BCUT2D eigenvalue weighted by molar-refractivity contribution is 9.10. The van der Waals surface area contributed by atoms with Crippen LogP contribution in [-0.4, -0.2) is 11.6 Å². The van der Waals surface area contributed by atoms with Crippen LogP contribution in [0.1, 0.15) is 58.3 Å². The van der Waals surface area contributed by atoms with Crippen molar-refractivity contribution >= 4 is 15.9 Å². The Morgan fingerprint density at radius 3 is 2.33 bits per heavy atom. The van der Waals surface area contributed by atoms with Crippen LogP contribution < -0.4 is 4.74 Å². The molecule has 0 N–H and O–H groups in total. The molecule has 0 atom stereocenters. The van der Waals surface area contributed by atoms with Gasteiger partial charge in [0, 0.05) is 6.07 Å². The maximum absolute atomic E-state index is 5.59. The molecule has 0 unspecified atom stereocenters. The lowest BCUT2D eigenvalue weighted by Crippen LogP contribution is -1.99. The molecular formula is C15H24BrNO. The monoisotopic (exact) mass is 313 g/mol. The number of rotatable bonds is 10. The predicted octanol–water partition coefficient (Wildman–Crippen LogP) is 5.36. The molecule has 18 heavy (non-hydrogen) atoms. The molecule has 2 nitrogen and oxygen atoms in total. The summed E-state index contributed by atoms with van der Waals surface area (Å²) in [5.41, 5.74) is 0. The first kappa shape index (κ1) is 15.5. The van der Waals surface area contributed by atoms with Crippen molar-refractivity contribution < 1.29 is 4.74 Å². The van der Waals surface area contributed by atoms with Crippen LogP contribution in [0.4, 0.5) is 0 Å². The topological polar surface area (TPSA) is 22.1 Å². The average Bonchev–Trinajstić information content (AvgIpc) is 2.37. The second kappa shape index (κ2) is 10.4. The zero-order valence-corrected chi connectivity index (χ0v) is 12.9. The molecular weight excluding hydrogens is 290 g/mol. The van der Waals surface area contributed by atoms with Crippen molar-refractivity contribution in [2.75, 3.05) is 6.61 Å². The van der Waals surface area contributed by atoms with Crippen molar-refractivity contribution in [1.82, 2.24) is 4.98 Å². The van der Waals surface area contributed by atoms with Crippen LogP contribution in [0, 0.1) is 0 Å². The first-order chi connectivity index (χ1) is 8.83. The summed E-state index contributed by atoms with van der Waals surface area (Å²) in [6.07, 6.45) is 10.6. The minimum Gasteiger partial charge on any atom is -0.478 e. The summed E-state index contributed by atoms with van der Waals surface area (Å²) in [4.78, 5) is 4.24. The Kier molecular flexibility index (Phi) is 8.92. The summed E-state index contributed by atoms with van der Waals surface area (Å²) in [5, 5.41) is 0. The fraction of sp³-hybridized carbons (Fsp3) is 0.667. The third kappa shape index (κ3) is 7.70. The predicted molar refractivity (Wildman–Crippen MR) is 80.0 cm³/mol. The van der Waals surface area contributed by atoms with Crippen molar-refractivity contribution in [3.8, 4) is 5.88 Å². The van der Waals surface area contributed by atoms with E-state index in [-0.39, 0.29) is 0 Å². The van der Waals surface area contributed by atoms with Crippen molar-refractivity contribution in [1.29, 1.82) is 0 Å². The molecule has 1 rings (SSSR count). The van der Waals surface area contributed by atoms with Crippen LogP contribution in [0.3, 0.4) is 0 Å². The summed E-state index contributed by atoms with van der Waals surface area (Å²) >= 11 is 3.33. The molecule has 0 aromatic carbocycles. The van der Waals surface area contributed by atoms with Gasteiger partial charge in [-0.3, -0.25) is 0 Å². The number of pyridine rings is 1. The lowest BCUT2D eigenvalue weighted by Gasteiger charge is -2.05. The van der Waals surface area contributed by atoms with E-state index in [2.05, 4.69) is 27.8 Å². The van der Waals surface area contributed by atoms with Crippen LogP contribution in [0.5, 0.6) is 5.88 Å². The van der Waals surface area contributed by atoms with Crippen molar-refractivity contribution in [2.24, 2.45) is 0 Å². The first-order valence-corrected chi connectivity index (χ1v) is 7.87. The number of aromatic nitrogens is 1. The van der Waals surface area contributed by atoms with Gasteiger partial charge in [0.1, 0.15) is 4.60 Å². The van der Waals surface area contributed by atoms with Gasteiger partial charge in [0.15, 0.2) is 0 Å². The number of hydrogen-bond donors (Lipinski definition) is 0. The number of nitrogens with zero attached hydrogens (tertiary/aromatic N) is 1. The van der Waals surface area contributed by atoms with E-state index in [4.69, 9.17) is 4.74 Å². The molecule has 1 aromatic rings. The van der Waals surface area contributed by atoms with E-state index in [1.54, 1.807) is 0 Å². The number of unbranched alkanes of at least 4 members (excludes halogenated alkanes) is 7. The summed E-state index contributed by atoms with van der Waals surface area (Å²) in [7, 11) is 0. The molecule has 1 aromatic heterocycles. The molecule has 0 aliphatic carbocycles. The van der Waals surface area contributed by atoms with Gasteiger partial charge in [-0.2, -0.15) is 0 Å². The Hall–Kier alpha value is -0.570. The third-order valence-electron chi connectivity index (χ3n) is 2.94. The van der Waals surface area contributed by atoms with Crippen molar-refractivity contribution in [3.05, 3.63) is 22.8 Å². The fourth-order valence-electron chi connectivity index (χ4n) is 1.88. The largest absolute Gasteiger partial charge is 0.478 e. The number of hydrogen-bond acceptors (Lipinski definition) is 2. The van der Waals surface area contributed by atoms with Gasteiger partial charge in [0.2, 0.25) is 5.88 Å². The van der Waals surface area contributed by atoms with E-state index < -0.39 is 0 Å². The van der Waals surface area contributed by atoms with E-state index >= 15 is 0 Å². The fourth-order valence-corrected chi connectivity index (χ4v) is 2.21. The summed E-state index contributed by atoms with van der Waals surface area (Å²) in [6, 6.07) is 5.75. The van der Waals surface area contributed by atoms with E-state index in [1.165, 1.54) is 44.9 Å². The average molecular weight is 314 g/mol. The summed E-state index contributed by atoms with van der Waals surface area (Å²) in [5.74, 6) is 0.715. The normalized spacial score (nSPS) is 10.6. The van der Waals surface area contributed by atoms with Crippen molar-refractivity contribution in [3.63, 3.8) is 0 Å². The van der Waals surface area contributed by atoms with Gasteiger partial charge in [0.05, 0.1) is 6.61 Å². The Morgan fingerprint density at radius 1 is 1.00 bits per heavy atom. The first-order valence-electron chi connectivity index (χ1n) is 7.08. The van der Waals surface area contributed by atoms with Gasteiger partial charge in [-0.15, -0.1) is 0 Å². The molecule has 0 saturated heterocycles. The molecule has 0 saturated carbocycles. The summed E-state index contributed by atoms with van der Waals surface area (Å²) in [6.45, 7) is 3.03. The number of ether oxygens (including phenoxy) is 1. The van der Waals surface area contributed by atoms with Gasteiger partial charge >= 0.3 is 0 Å². The minimum absolute atomic E-state index is 0.715. The molecule has 0 bridgehead atoms. The second-order valence-electron chi connectivity index (χ2n) is 4.62. The highest BCUT2D eigenvalue weighted by atomic mass is 79.9. The Balaban J connectivity index is 1.92. The Labute approximate surface area is 119 Å². The van der Waals surface area contributed by atoms with Crippen LogP contribution in [0.25, 0.3) is 0 Å². The quantitative estimate of drug-likeness (QED) is 0.428. The molecule has 102 valence electrons. The van der Waals surface area contributed by atoms with Gasteiger partial charge < -0.3 is 4.74 Å². The van der Waals surface area contributed by atoms with Crippen LogP contribution >= 0.6 is 15.9 Å². The van der Waals surface area contributed by atoms with Gasteiger partial charge in [-0.25, -0.2) is 4.98 Å². The van der Waals surface area contributed by atoms with Gasteiger partial charge in [-0.05, 0) is 28.4 Å². The second-order valence-corrected chi connectivity index (χ2v) is 5.43. The smallest absolute Gasteiger partial charge is 0.214 e. The minimum atomic E-state index is 0.715. The van der Waals surface area contributed by atoms with E-state index in [0.29, 0.717) is 5.88 Å². The van der Waals surface area contributed by atoms with Crippen LogP contribution in [-0.2, 0) is 0 Å². The van der Waals surface area contributed by atoms with Gasteiger partial charge in [0.25, 0.3) is 0 Å². The lowest BCUT2D eigenvalue weighted by molar-refractivity contribution is 0.292. The highest BCUT2D eigenvalue weighted by Gasteiger charge is 1.96. The van der Waals surface area contributed by atoms with E-state index in [1.807, 2.05) is 18.2 Å². The Morgan fingerprint density at radius 2 is 1.67 bits per heavy atom. The van der Waals surface area contributed by atoms with E-state index in [0.717, 1.165) is 17.6 Å². The molecule has 0 aliphatic heterocycles. The van der Waals surface area contributed by atoms with Crippen LogP contribution in [0.15, 0.2) is 22.8 Å². The number of halogens is 1. The zero-order chi connectivity index (χ0) is 13.1. The van der Waals surface area contributed by atoms with Crippen LogP contribution in [0.2, 0.25) is 0 Å². The highest BCUT2D eigenvalue weighted by Crippen LogP contribution is 2.13. The maximum atomic E-state index is 5.59. The zero-order valence-electron chi connectivity index (χ0n) is 11.3. The maximum Gasteiger partial charge on any atom is 0.214 e. The lowest BCUT2D eigenvalue weighted by atomic mass is 10.1.